The molecule has 2 aliphatic rings. The van der Waals surface area contributed by atoms with Crippen molar-refractivity contribution in [3.63, 3.8) is 0 Å². The van der Waals surface area contributed by atoms with Crippen LogP contribution in [0.25, 0.3) is 10.9 Å². The highest BCUT2D eigenvalue weighted by atomic mass is 19.4. The Labute approximate surface area is 215 Å². The van der Waals surface area contributed by atoms with Crippen LogP contribution in [0.2, 0.25) is 0 Å². The zero-order valence-electron chi connectivity index (χ0n) is 20.2. The SMILES string of the molecule is O=C(CNc1ncnc2ccc(C(F)(F)F)cc12)NC1CN(C2CCOC2)C[C@@H]1OCc1ccc(F)cn1. The number of rotatable bonds is 8. The first kappa shape index (κ1) is 26.2. The lowest BCUT2D eigenvalue weighted by molar-refractivity contribution is -0.137. The second-order valence-corrected chi connectivity index (χ2v) is 9.27. The zero-order chi connectivity index (χ0) is 26.7. The molecule has 38 heavy (non-hydrogen) atoms. The first-order chi connectivity index (χ1) is 18.3. The first-order valence-electron chi connectivity index (χ1n) is 12.2. The highest BCUT2D eigenvalue weighted by molar-refractivity contribution is 5.91. The van der Waals surface area contributed by atoms with Crippen LogP contribution in [0.1, 0.15) is 17.7 Å². The molecule has 3 aromatic rings. The summed E-state index contributed by atoms with van der Waals surface area (Å²) in [4.78, 5) is 27.1. The zero-order valence-corrected chi connectivity index (χ0v) is 20.2. The molecule has 0 spiro atoms. The topological polar surface area (TPSA) is 102 Å². The average molecular weight is 535 g/mol. The number of benzene rings is 1. The summed E-state index contributed by atoms with van der Waals surface area (Å²) in [7, 11) is 0. The summed E-state index contributed by atoms with van der Waals surface area (Å²) in [5.74, 6) is -0.680. The number of hydrogen-bond donors (Lipinski definition) is 2. The Morgan fingerprint density at radius 2 is 2.03 bits per heavy atom. The van der Waals surface area contributed by atoms with Gasteiger partial charge in [0, 0.05) is 31.1 Å². The summed E-state index contributed by atoms with van der Waals surface area (Å²) in [6.45, 7) is 2.35. The molecule has 0 saturated carbocycles. The van der Waals surface area contributed by atoms with Crippen molar-refractivity contribution >= 4 is 22.6 Å². The van der Waals surface area contributed by atoms with Crippen LogP contribution in [-0.2, 0) is 27.1 Å². The van der Waals surface area contributed by atoms with Gasteiger partial charge in [-0.25, -0.2) is 14.4 Å². The highest BCUT2D eigenvalue weighted by Crippen LogP contribution is 2.32. The molecule has 5 rings (SSSR count). The molecule has 2 saturated heterocycles. The minimum absolute atomic E-state index is 0.127. The van der Waals surface area contributed by atoms with E-state index in [1.807, 2.05) is 0 Å². The predicted octanol–water partition coefficient (Wildman–Crippen LogP) is 2.77. The van der Waals surface area contributed by atoms with Gasteiger partial charge in [0.1, 0.15) is 18.0 Å². The van der Waals surface area contributed by atoms with E-state index in [1.54, 1.807) is 6.07 Å². The van der Waals surface area contributed by atoms with Crippen molar-refractivity contribution in [3.8, 4) is 0 Å². The van der Waals surface area contributed by atoms with E-state index in [9.17, 15) is 22.4 Å². The second kappa shape index (κ2) is 11.1. The van der Waals surface area contributed by atoms with Crippen LogP contribution in [-0.4, -0.2) is 76.8 Å². The van der Waals surface area contributed by atoms with Gasteiger partial charge in [-0.15, -0.1) is 0 Å². The summed E-state index contributed by atoms with van der Waals surface area (Å²) in [6, 6.07) is 5.91. The summed E-state index contributed by atoms with van der Waals surface area (Å²) < 4.78 is 64.3. The molecule has 2 unspecified atom stereocenters. The number of fused-ring (bicyclic) bond motifs is 1. The number of ether oxygens (including phenoxy) is 2. The van der Waals surface area contributed by atoms with Gasteiger partial charge in [-0.3, -0.25) is 14.7 Å². The molecule has 0 bridgehead atoms. The molecule has 4 heterocycles. The third kappa shape index (κ3) is 6.17. The van der Waals surface area contributed by atoms with E-state index in [4.69, 9.17) is 9.47 Å². The number of aromatic nitrogens is 3. The minimum Gasteiger partial charge on any atom is -0.380 e. The molecule has 1 amide bonds. The molecular formula is C25H26F4N6O3. The third-order valence-electron chi connectivity index (χ3n) is 6.68. The maximum absolute atomic E-state index is 13.2. The van der Waals surface area contributed by atoms with E-state index in [1.165, 1.54) is 18.5 Å². The van der Waals surface area contributed by atoms with Gasteiger partial charge in [0.25, 0.3) is 0 Å². The lowest BCUT2D eigenvalue weighted by atomic mass is 10.1. The Kier molecular flexibility index (Phi) is 7.68. The van der Waals surface area contributed by atoms with E-state index in [0.717, 1.165) is 24.8 Å². The largest absolute Gasteiger partial charge is 0.416 e. The molecule has 0 radical (unpaired) electrons. The van der Waals surface area contributed by atoms with Crippen molar-refractivity contribution < 1.29 is 31.8 Å². The van der Waals surface area contributed by atoms with Crippen LogP contribution < -0.4 is 10.6 Å². The molecule has 2 aromatic heterocycles. The fourth-order valence-corrected chi connectivity index (χ4v) is 4.70. The van der Waals surface area contributed by atoms with Gasteiger partial charge in [-0.1, -0.05) is 0 Å². The van der Waals surface area contributed by atoms with Crippen molar-refractivity contribution in [2.75, 3.05) is 38.2 Å². The minimum atomic E-state index is -4.52. The molecule has 2 N–H and O–H groups in total. The molecule has 0 aliphatic carbocycles. The van der Waals surface area contributed by atoms with E-state index in [-0.39, 0.29) is 48.5 Å². The van der Waals surface area contributed by atoms with E-state index in [0.29, 0.717) is 37.5 Å². The second-order valence-electron chi connectivity index (χ2n) is 9.27. The van der Waals surface area contributed by atoms with Crippen LogP contribution in [0.5, 0.6) is 0 Å². The lowest BCUT2D eigenvalue weighted by Crippen LogP contribution is -2.46. The van der Waals surface area contributed by atoms with Crippen LogP contribution in [0, 0.1) is 5.82 Å². The van der Waals surface area contributed by atoms with Gasteiger partial charge in [-0.05, 0) is 36.8 Å². The molecule has 3 atom stereocenters. The summed E-state index contributed by atoms with van der Waals surface area (Å²) in [5.41, 5.74) is 0.0588. The van der Waals surface area contributed by atoms with Gasteiger partial charge < -0.3 is 20.1 Å². The van der Waals surface area contributed by atoms with Gasteiger partial charge >= 0.3 is 6.18 Å². The molecular weight excluding hydrogens is 508 g/mol. The van der Waals surface area contributed by atoms with Crippen molar-refractivity contribution in [1.82, 2.24) is 25.2 Å². The monoisotopic (exact) mass is 534 g/mol. The summed E-state index contributed by atoms with van der Waals surface area (Å²) >= 11 is 0. The van der Waals surface area contributed by atoms with Crippen LogP contribution in [0.15, 0.2) is 42.9 Å². The van der Waals surface area contributed by atoms with Gasteiger partial charge in [0.05, 0.1) is 54.9 Å². The van der Waals surface area contributed by atoms with E-state index >= 15 is 0 Å². The predicted molar refractivity (Wildman–Crippen MR) is 129 cm³/mol. The normalized spacial score (nSPS) is 22.2. The Hall–Kier alpha value is -3.42. The van der Waals surface area contributed by atoms with Crippen LogP contribution in [0.3, 0.4) is 0 Å². The third-order valence-corrected chi connectivity index (χ3v) is 6.68. The first-order valence-corrected chi connectivity index (χ1v) is 12.2. The van der Waals surface area contributed by atoms with Crippen molar-refractivity contribution in [2.45, 2.75) is 37.4 Å². The fourth-order valence-electron chi connectivity index (χ4n) is 4.70. The number of alkyl halides is 3. The number of carbonyl (C=O) groups is 1. The Morgan fingerprint density at radius 1 is 1.16 bits per heavy atom. The van der Waals surface area contributed by atoms with Crippen LogP contribution in [0.4, 0.5) is 23.4 Å². The Morgan fingerprint density at radius 3 is 2.76 bits per heavy atom. The number of anilines is 1. The molecule has 202 valence electrons. The standard InChI is InChI=1S/C25H26F4N6O3/c26-16-2-3-17(30-8-16)12-38-22-11-35(18-5-6-37-13-18)10-21(22)34-23(36)9-31-24-19-7-15(25(27,28)29)1-4-20(19)32-14-33-24/h1-4,7-8,14,18,21-22H,5-6,9-13H2,(H,34,36)(H,31,32,33)/t18?,21?,22-/m0/s1. The Bertz CT molecular complexity index is 1270. The summed E-state index contributed by atoms with van der Waals surface area (Å²) in [6.07, 6.45) is -1.64. The van der Waals surface area contributed by atoms with E-state index in [2.05, 4.69) is 30.5 Å². The molecule has 2 aliphatic heterocycles. The van der Waals surface area contributed by atoms with Gasteiger partial charge in [0.15, 0.2) is 0 Å². The number of pyridine rings is 1. The van der Waals surface area contributed by atoms with Gasteiger partial charge in [0.2, 0.25) is 5.91 Å². The quantitative estimate of drug-likeness (QED) is 0.426. The number of nitrogens with zero attached hydrogens (tertiary/aromatic N) is 4. The molecule has 9 nitrogen and oxygen atoms in total. The Balaban J connectivity index is 1.24. The number of amides is 1. The van der Waals surface area contributed by atoms with Gasteiger partial charge in [-0.2, -0.15) is 13.2 Å². The van der Waals surface area contributed by atoms with Crippen LogP contribution >= 0.6 is 0 Å². The lowest BCUT2D eigenvalue weighted by Gasteiger charge is -2.21. The maximum atomic E-state index is 13.2. The average Bonchev–Trinajstić information content (AvgIpc) is 3.57. The summed E-state index contributed by atoms with van der Waals surface area (Å²) in [5, 5.41) is 5.97. The number of halogens is 4. The van der Waals surface area contributed by atoms with E-state index < -0.39 is 17.6 Å². The maximum Gasteiger partial charge on any atom is 0.416 e. The molecule has 2 fully saturated rings. The van der Waals surface area contributed by atoms with Crippen molar-refractivity contribution in [1.29, 1.82) is 0 Å². The number of carbonyl (C=O) groups excluding carboxylic acids is 1. The molecule has 13 heteroatoms. The van der Waals surface area contributed by atoms with Crippen molar-refractivity contribution in [3.05, 3.63) is 59.9 Å². The molecule has 1 aromatic carbocycles. The number of likely N-dealkylation sites (tertiary alicyclic amines) is 1. The highest BCUT2D eigenvalue weighted by Gasteiger charge is 2.39. The smallest absolute Gasteiger partial charge is 0.380 e. The number of hydrogen-bond acceptors (Lipinski definition) is 8. The van der Waals surface area contributed by atoms with Crippen molar-refractivity contribution in [2.24, 2.45) is 0 Å². The number of nitrogens with one attached hydrogen (secondary N) is 2. The fraction of sp³-hybridized carbons (Fsp3) is 0.440.